The van der Waals surface area contributed by atoms with Gasteiger partial charge in [0.1, 0.15) is 11.9 Å². The van der Waals surface area contributed by atoms with Crippen LogP contribution in [0, 0.1) is 17.7 Å². The highest BCUT2D eigenvalue weighted by Gasteiger charge is 2.39. The minimum absolute atomic E-state index is 0.0742. The van der Waals surface area contributed by atoms with Gasteiger partial charge in [-0.15, -0.1) is 0 Å². The third-order valence-electron chi connectivity index (χ3n) is 6.51. The number of piperidine rings is 1. The Kier molecular flexibility index (Phi) is 3.98. The minimum atomic E-state index is -0.509. The second kappa shape index (κ2) is 6.36. The Morgan fingerprint density at radius 1 is 1.15 bits per heavy atom. The van der Waals surface area contributed by atoms with Crippen LogP contribution in [0.15, 0.2) is 54.3 Å². The van der Waals surface area contributed by atoms with Crippen LogP contribution in [0.4, 0.5) is 4.39 Å². The molecule has 1 saturated heterocycles. The maximum Gasteiger partial charge on any atom is 0.129 e. The summed E-state index contributed by atoms with van der Waals surface area (Å²) in [5.74, 6) is 0.711. The van der Waals surface area contributed by atoms with Crippen molar-refractivity contribution in [3.8, 4) is 0 Å². The van der Waals surface area contributed by atoms with Crippen molar-refractivity contribution < 1.29 is 14.2 Å². The molecule has 4 aliphatic rings. The van der Waals surface area contributed by atoms with E-state index in [-0.39, 0.29) is 18.0 Å². The van der Waals surface area contributed by atoms with Gasteiger partial charge >= 0.3 is 0 Å². The lowest BCUT2D eigenvalue weighted by Gasteiger charge is -2.39. The van der Waals surface area contributed by atoms with Crippen LogP contribution in [0.3, 0.4) is 0 Å². The SMILES string of the molecule is OC1c2ccc(F)cc2CC1N1CCC(C2=CC=CC3C=COC23)CC1. The van der Waals surface area contributed by atoms with E-state index in [0.717, 1.165) is 43.5 Å². The summed E-state index contributed by atoms with van der Waals surface area (Å²) in [7, 11) is 0. The van der Waals surface area contributed by atoms with E-state index >= 15 is 0 Å². The van der Waals surface area contributed by atoms with Gasteiger partial charge in [-0.1, -0.05) is 24.3 Å². The molecule has 0 amide bonds. The molecule has 0 aromatic heterocycles. The molecule has 4 heteroatoms. The van der Waals surface area contributed by atoms with Crippen LogP contribution >= 0.6 is 0 Å². The molecule has 5 rings (SSSR count). The summed E-state index contributed by atoms with van der Waals surface area (Å²) in [5.41, 5.74) is 3.27. The van der Waals surface area contributed by atoms with Crippen molar-refractivity contribution in [2.75, 3.05) is 13.1 Å². The molecule has 1 aromatic carbocycles. The van der Waals surface area contributed by atoms with E-state index in [1.54, 1.807) is 12.1 Å². The van der Waals surface area contributed by atoms with Crippen molar-refractivity contribution in [3.05, 3.63) is 71.3 Å². The number of fused-ring (bicyclic) bond motifs is 2. The van der Waals surface area contributed by atoms with Gasteiger partial charge in [0.25, 0.3) is 0 Å². The zero-order chi connectivity index (χ0) is 17.7. The zero-order valence-electron chi connectivity index (χ0n) is 14.7. The largest absolute Gasteiger partial charge is 0.493 e. The lowest BCUT2D eigenvalue weighted by molar-refractivity contribution is 0.0395. The maximum atomic E-state index is 13.5. The van der Waals surface area contributed by atoms with Crippen molar-refractivity contribution in [2.45, 2.75) is 37.5 Å². The van der Waals surface area contributed by atoms with Crippen LogP contribution in [-0.4, -0.2) is 35.2 Å². The van der Waals surface area contributed by atoms with Crippen LogP contribution < -0.4 is 0 Å². The number of benzene rings is 1. The molecule has 26 heavy (non-hydrogen) atoms. The topological polar surface area (TPSA) is 32.7 Å². The summed E-state index contributed by atoms with van der Waals surface area (Å²) in [4.78, 5) is 2.39. The lowest BCUT2D eigenvalue weighted by atomic mass is 9.79. The van der Waals surface area contributed by atoms with E-state index in [1.807, 2.05) is 6.26 Å². The number of likely N-dealkylation sites (tertiary alicyclic amines) is 1. The molecule has 4 atom stereocenters. The first kappa shape index (κ1) is 16.3. The third-order valence-corrected chi connectivity index (χ3v) is 6.51. The Balaban J connectivity index is 1.26. The lowest BCUT2D eigenvalue weighted by Crippen LogP contribution is -2.44. The van der Waals surface area contributed by atoms with Gasteiger partial charge in [-0.25, -0.2) is 4.39 Å². The van der Waals surface area contributed by atoms with Gasteiger partial charge in [0, 0.05) is 12.0 Å². The molecule has 1 fully saturated rings. The molecule has 2 aliphatic carbocycles. The summed E-state index contributed by atoms with van der Waals surface area (Å²) < 4.78 is 19.3. The molecule has 3 nitrogen and oxygen atoms in total. The second-order valence-corrected chi connectivity index (χ2v) is 7.88. The molecule has 0 spiro atoms. The first-order valence-electron chi connectivity index (χ1n) is 9.61. The first-order valence-corrected chi connectivity index (χ1v) is 9.61. The first-order chi connectivity index (χ1) is 12.7. The minimum Gasteiger partial charge on any atom is -0.493 e. The van der Waals surface area contributed by atoms with Crippen LogP contribution in [0.1, 0.15) is 30.1 Å². The van der Waals surface area contributed by atoms with E-state index in [2.05, 4.69) is 29.2 Å². The van der Waals surface area contributed by atoms with Gasteiger partial charge in [0.2, 0.25) is 0 Å². The molecule has 2 heterocycles. The molecule has 0 radical (unpaired) electrons. The fraction of sp³-hybridized carbons (Fsp3) is 0.455. The third kappa shape index (κ3) is 2.63. The number of hydrogen-bond donors (Lipinski definition) is 1. The van der Waals surface area contributed by atoms with Gasteiger partial charge in [-0.05, 0) is 73.2 Å². The Bertz CT molecular complexity index is 791. The van der Waals surface area contributed by atoms with E-state index in [9.17, 15) is 9.50 Å². The summed E-state index contributed by atoms with van der Waals surface area (Å²) in [5, 5.41) is 10.7. The van der Waals surface area contributed by atoms with E-state index in [4.69, 9.17) is 4.74 Å². The number of aliphatic hydroxyl groups is 1. The zero-order valence-corrected chi connectivity index (χ0v) is 14.7. The number of hydrogen-bond acceptors (Lipinski definition) is 3. The number of allylic oxidation sites excluding steroid dienone is 2. The van der Waals surface area contributed by atoms with Gasteiger partial charge in [0.15, 0.2) is 0 Å². The van der Waals surface area contributed by atoms with Crippen molar-refractivity contribution in [3.63, 3.8) is 0 Å². The van der Waals surface area contributed by atoms with Crippen molar-refractivity contribution in [2.24, 2.45) is 11.8 Å². The van der Waals surface area contributed by atoms with Crippen LogP contribution in [-0.2, 0) is 11.2 Å². The Labute approximate surface area is 153 Å². The average Bonchev–Trinajstić information content (AvgIpc) is 3.26. The standard InChI is InChI=1S/C22H24FNO2/c23-17-4-5-18-16(12-17)13-20(21(18)25)24-9-6-14(7-10-24)19-3-1-2-15-8-11-26-22(15)19/h1-5,8,11-12,14-15,20-22,25H,6-7,9-10,13H2. The van der Waals surface area contributed by atoms with Crippen LogP contribution in [0.25, 0.3) is 0 Å². The van der Waals surface area contributed by atoms with Crippen LogP contribution in [0.5, 0.6) is 0 Å². The van der Waals surface area contributed by atoms with Crippen molar-refractivity contribution in [1.29, 1.82) is 0 Å². The Morgan fingerprint density at radius 2 is 2.00 bits per heavy atom. The predicted octanol–water partition coefficient (Wildman–Crippen LogP) is 3.52. The summed E-state index contributed by atoms with van der Waals surface area (Å²) in [6, 6.07) is 4.84. The molecule has 136 valence electrons. The Hall–Kier alpha value is -1.91. The molecule has 4 unspecified atom stereocenters. The fourth-order valence-corrected chi connectivity index (χ4v) is 5.11. The quantitative estimate of drug-likeness (QED) is 0.883. The van der Waals surface area contributed by atoms with Crippen molar-refractivity contribution in [1.82, 2.24) is 4.90 Å². The van der Waals surface area contributed by atoms with Crippen molar-refractivity contribution >= 4 is 0 Å². The number of nitrogens with zero attached hydrogens (tertiary/aromatic N) is 1. The second-order valence-electron chi connectivity index (χ2n) is 7.88. The van der Waals surface area contributed by atoms with Gasteiger partial charge in [-0.2, -0.15) is 0 Å². The van der Waals surface area contributed by atoms with Crippen LogP contribution in [0.2, 0.25) is 0 Å². The van der Waals surface area contributed by atoms with E-state index in [0.29, 0.717) is 11.8 Å². The van der Waals surface area contributed by atoms with Gasteiger partial charge in [0.05, 0.1) is 12.4 Å². The summed E-state index contributed by atoms with van der Waals surface area (Å²) >= 11 is 0. The monoisotopic (exact) mass is 353 g/mol. The molecule has 2 aliphatic heterocycles. The highest BCUT2D eigenvalue weighted by atomic mass is 19.1. The highest BCUT2D eigenvalue weighted by molar-refractivity contribution is 5.37. The maximum absolute atomic E-state index is 13.5. The number of halogens is 1. The molecular weight excluding hydrogens is 329 g/mol. The number of ether oxygens (including phenoxy) is 1. The van der Waals surface area contributed by atoms with E-state index < -0.39 is 6.10 Å². The van der Waals surface area contributed by atoms with E-state index in [1.165, 1.54) is 11.6 Å². The molecule has 0 saturated carbocycles. The molecule has 0 bridgehead atoms. The summed E-state index contributed by atoms with van der Waals surface area (Å²) in [6.45, 7) is 1.93. The summed E-state index contributed by atoms with van der Waals surface area (Å²) in [6.07, 6.45) is 13.1. The Morgan fingerprint density at radius 3 is 2.85 bits per heavy atom. The fourth-order valence-electron chi connectivity index (χ4n) is 5.11. The smallest absolute Gasteiger partial charge is 0.129 e. The van der Waals surface area contributed by atoms with Gasteiger partial charge < -0.3 is 9.84 Å². The predicted molar refractivity (Wildman–Crippen MR) is 97.9 cm³/mol. The molecule has 1 N–H and O–H groups in total. The normalized spacial score (nSPS) is 33.7. The van der Waals surface area contributed by atoms with Gasteiger partial charge in [-0.3, -0.25) is 4.90 Å². The number of rotatable bonds is 2. The average molecular weight is 353 g/mol. The number of aliphatic hydroxyl groups excluding tert-OH is 1. The highest BCUT2D eigenvalue weighted by Crippen LogP contribution is 2.40. The molecular formula is C22H24FNO2. The molecule has 1 aromatic rings.